The summed E-state index contributed by atoms with van der Waals surface area (Å²) < 4.78 is 31.1. The largest absolute Gasteiger partial charge is 0.465 e. The van der Waals surface area contributed by atoms with E-state index < -0.39 is 29.2 Å². The lowest BCUT2D eigenvalue weighted by molar-refractivity contribution is -0.138. The van der Waals surface area contributed by atoms with E-state index in [1.165, 1.54) is 17.1 Å². The van der Waals surface area contributed by atoms with Crippen molar-refractivity contribution in [2.24, 2.45) is 5.41 Å². The predicted molar refractivity (Wildman–Crippen MR) is 172 cm³/mol. The Hall–Kier alpha value is -4.87. The van der Waals surface area contributed by atoms with Crippen LogP contribution in [0.4, 0.5) is 13.6 Å². The van der Waals surface area contributed by atoms with Crippen LogP contribution in [0.1, 0.15) is 70.3 Å². The Bertz CT molecular complexity index is 1600. The van der Waals surface area contributed by atoms with Crippen molar-refractivity contribution in [3.8, 4) is 11.3 Å². The standard InChI is InChI=1S/C35H41F2N5O5/c1-35(2,3)32(33-39-28(26-21-25(36)14-15-27(26)37)23-40(33)22-24-11-6-4-7-12-24)42(20-10-18-38-34(46)47)29(43)13-8-5-9-19-41-30(44)16-17-31(41)45/h4,6-7,11-12,14-17,21,23,32,38H,5,8-10,13,18-20,22H2,1-3H3,(H,46,47)/t32-/m0/s1. The second-order valence-corrected chi connectivity index (χ2v) is 12.6. The molecule has 1 aromatic heterocycles. The van der Waals surface area contributed by atoms with Gasteiger partial charge in [-0.05, 0) is 48.4 Å². The lowest BCUT2D eigenvalue weighted by Crippen LogP contribution is -2.43. The fraction of sp³-hybridized carbons (Fsp3) is 0.400. The Labute approximate surface area is 273 Å². The van der Waals surface area contributed by atoms with Gasteiger partial charge in [-0.15, -0.1) is 0 Å². The molecule has 0 saturated carbocycles. The van der Waals surface area contributed by atoms with Gasteiger partial charge in [0, 0.05) is 56.5 Å². The van der Waals surface area contributed by atoms with Crippen LogP contribution in [0.3, 0.4) is 0 Å². The van der Waals surface area contributed by atoms with Gasteiger partial charge in [0.25, 0.3) is 11.8 Å². The fourth-order valence-corrected chi connectivity index (χ4v) is 5.73. The number of amides is 4. The summed E-state index contributed by atoms with van der Waals surface area (Å²) in [6.07, 6.45) is 5.14. The average molecular weight is 650 g/mol. The molecule has 47 heavy (non-hydrogen) atoms. The van der Waals surface area contributed by atoms with E-state index in [2.05, 4.69) is 5.32 Å². The lowest BCUT2D eigenvalue weighted by Gasteiger charge is -2.40. The molecule has 4 amide bonds. The third-order valence-electron chi connectivity index (χ3n) is 7.93. The Kier molecular flexibility index (Phi) is 11.6. The highest BCUT2D eigenvalue weighted by Crippen LogP contribution is 2.40. The second-order valence-electron chi connectivity index (χ2n) is 12.6. The molecule has 250 valence electrons. The van der Waals surface area contributed by atoms with Crippen LogP contribution in [0.15, 0.2) is 66.9 Å². The molecule has 0 radical (unpaired) electrons. The van der Waals surface area contributed by atoms with Gasteiger partial charge >= 0.3 is 6.09 Å². The molecule has 0 aliphatic carbocycles. The van der Waals surface area contributed by atoms with E-state index in [-0.39, 0.29) is 55.0 Å². The van der Waals surface area contributed by atoms with E-state index in [4.69, 9.17) is 10.1 Å². The van der Waals surface area contributed by atoms with Gasteiger partial charge < -0.3 is 19.9 Å². The normalized spacial score (nSPS) is 13.7. The van der Waals surface area contributed by atoms with E-state index in [1.54, 1.807) is 11.1 Å². The molecule has 2 heterocycles. The van der Waals surface area contributed by atoms with Crippen LogP contribution in [0, 0.1) is 17.0 Å². The van der Waals surface area contributed by atoms with Crippen LogP contribution in [0.25, 0.3) is 11.3 Å². The summed E-state index contributed by atoms with van der Waals surface area (Å²) >= 11 is 0. The zero-order chi connectivity index (χ0) is 34.1. The Balaban J connectivity index is 1.65. The smallest absolute Gasteiger partial charge is 0.404 e. The van der Waals surface area contributed by atoms with E-state index in [9.17, 15) is 28.0 Å². The molecule has 0 unspecified atom stereocenters. The number of rotatable bonds is 15. The summed E-state index contributed by atoms with van der Waals surface area (Å²) in [5, 5.41) is 11.4. The van der Waals surface area contributed by atoms with E-state index >= 15 is 0 Å². The number of benzene rings is 2. The number of nitrogens with zero attached hydrogens (tertiary/aromatic N) is 4. The van der Waals surface area contributed by atoms with Gasteiger partial charge in [-0.1, -0.05) is 57.5 Å². The quantitative estimate of drug-likeness (QED) is 0.155. The van der Waals surface area contributed by atoms with E-state index in [1.807, 2.05) is 55.7 Å². The summed E-state index contributed by atoms with van der Waals surface area (Å²) in [5.41, 5.74) is 0.581. The van der Waals surface area contributed by atoms with Crippen molar-refractivity contribution in [2.75, 3.05) is 19.6 Å². The molecule has 0 spiro atoms. The first-order valence-corrected chi connectivity index (χ1v) is 15.7. The summed E-state index contributed by atoms with van der Waals surface area (Å²) in [7, 11) is 0. The molecule has 2 N–H and O–H groups in total. The van der Waals surface area contributed by atoms with Crippen molar-refractivity contribution >= 4 is 23.8 Å². The molecule has 1 aliphatic heterocycles. The first kappa shape index (κ1) is 35.0. The number of carboxylic acid groups (broad SMARTS) is 1. The molecule has 12 heteroatoms. The maximum atomic E-state index is 15.0. The number of hydrogen-bond acceptors (Lipinski definition) is 5. The molecule has 3 aromatic rings. The number of carbonyl (C=O) groups is 4. The number of imidazole rings is 1. The molecule has 4 rings (SSSR count). The predicted octanol–water partition coefficient (Wildman–Crippen LogP) is 5.94. The Morgan fingerprint density at radius 3 is 2.34 bits per heavy atom. The molecule has 2 aromatic carbocycles. The van der Waals surface area contributed by atoms with E-state index in [0.717, 1.165) is 23.8 Å². The summed E-state index contributed by atoms with van der Waals surface area (Å²) in [5.74, 6) is -1.62. The maximum Gasteiger partial charge on any atom is 0.404 e. The first-order chi connectivity index (χ1) is 22.3. The van der Waals surface area contributed by atoms with Crippen molar-refractivity contribution in [1.29, 1.82) is 0 Å². The number of carbonyl (C=O) groups excluding carboxylic acids is 3. The molecule has 0 bridgehead atoms. The highest BCUT2D eigenvalue weighted by atomic mass is 19.1. The second kappa shape index (κ2) is 15.6. The minimum absolute atomic E-state index is 0.000536. The minimum atomic E-state index is -1.17. The molecule has 10 nitrogen and oxygen atoms in total. The Morgan fingerprint density at radius 1 is 0.979 bits per heavy atom. The zero-order valence-corrected chi connectivity index (χ0v) is 26.9. The molecule has 0 saturated heterocycles. The van der Waals surface area contributed by atoms with Gasteiger partial charge in [-0.3, -0.25) is 19.3 Å². The van der Waals surface area contributed by atoms with Gasteiger partial charge in [0.15, 0.2) is 0 Å². The number of nitrogens with one attached hydrogen (secondary N) is 1. The van der Waals surface area contributed by atoms with Crippen LogP contribution in [0.5, 0.6) is 0 Å². The van der Waals surface area contributed by atoms with Crippen LogP contribution < -0.4 is 5.32 Å². The van der Waals surface area contributed by atoms with Crippen molar-refractivity contribution in [2.45, 2.75) is 65.5 Å². The highest BCUT2D eigenvalue weighted by Gasteiger charge is 2.38. The summed E-state index contributed by atoms with van der Waals surface area (Å²) in [6.45, 7) is 6.87. The summed E-state index contributed by atoms with van der Waals surface area (Å²) in [4.78, 5) is 56.6. The van der Waals surface area contributed by atoms with Gasteiger partial charge in [0.05, 0.1) is 11.7 Å². The van der Waals surface area contributed by atoms with Crippen molar-refractivity contribution in [3.05, 3.63) is 89.9 Å². The third kappa shape index (κ3) is 9.34. The third-order valence-corrected chi connectivity index (χ3v) is 7.93. The molecular weight excluding hydrogens is 608 g/mol. The fourth-order valence-electron chi connectivity index (χ4n) is 5.73. The van der Waals surface area contributed by atoms with Crippen LogP contribution in [-0.2, 0) is 20.9 Å². The lowest BCUT2D eigenvalue weighted by atomic mass is 9.84. The van der Waals surface area contributed by atoms with Crippen LogP contribution in [-0.4, -0.2) is 67.9 Å². The zero-order valence-electron chi connectivity index (χ0n) is 26.9. The number of imide groups is 1. The Morgan fingerprint density at radius 2 is 1.68 bits per heavy atom. The van der Waals surface area contributed by atoms with Crippen molar-refractivity contribution in [3.63, 3.8) is 0 Å². The molecular formula is C35H41F2N5O5. The van der Waals surface area contributed by atoms with Gasteiger partial charge in [-0.25, -0.2) is 18.6 Å². The number of halogens is 2. The van der Waals surface area contributed by atoms with Gasteiger partial charge in [-0.2, -0.15) is 0 Å². The average Bonchev–Trinajstić information content (AvgIpc) is 3.56. The highest BCUT2D eigenvalue weighted by molar-refractivity contribution is 6.12. The van der Waals surface area contributed by atoms with Crippen LogP contribution in [0.2, 0.25) is 0 Å². The topological polar surface area (TPSA) is 125 Å². The number of unbranched alkanes of at least 4 members (excludes halogenated alkanes) is 2. The maximum absolute atomic E-state index is 15.0. The van der Waals surface area contributed by atoms with Crippen molar-refractivity contribution < 1.29 is 33.1 Å². The molecule has 0 fully saturated rings. The van der Waals surface area contributed by atoms with E-state index in [0.29, 0.717) is 38.1 Å². The van der Waals surface area contributed by atoms with Gasteiger partial charge in [0.2, 0.25) is 5.91 Å². The number of aromatic nitrogens is 2. The van der Waals surface area contributed by atoms with Crippen molar-refractivity contribution in [1.82, 2.24) is 24.7 Å². The first-order valence-electron chi connectivity index (χ1n) is 15.7. The minimum Gasteiger partial charge on any atom is -0.465 e. The molecule has 1 atom stereocenters. The SMILES string of the molecule is CC(C)(C)[C@H](c1nc(-c2cc(F)ccc2F)cn1Cc1ccccc1)N(CCCNC(=O)O)C(=O)CCCCCN1C(=O)C=CC1=O. The van der Waals surface area contributed by atoms with Gasteiger partial charge in [0.1, 0.15) is 17.5 Å². The summed E-state index contributed by atoms with van der Waals surface area (Å²) in [6, 6.07) is 12.2. The number of hydrogen-bond donors (Lipinski definition) is 2. The molecule has 1 aliphatic rings. The monoisotopic (exact) mass is 649 g/mol. The van der Waals surface area contributed by atoms with Crippen LogP contribution >= 0.6 is 0 Å².